The van der Waals surface area contributed by atoms with Gasteiger partial charge in [0.25, 0.3) is 0 Å². The van der Waals surface area contributed by atoms with Gasteiger partial charge in [0.1, 0.15) is 11.5 Å². The lowest BCUT2D eigenvalue weighted by atomic mass is 9.79. The number of benzene rings is 1. The first kappa shape index (κ1) is 8.90. The zero-order chi connectivity index (χ0) is 9.14. The predicted molar refractivity (Wildman–Crippen MR) is 44.5 cm³/mol. The van der Waals surface area contributed by atoms with Gasteiger partial charge < -0.3 is 19.9 Å². The fraction of sp³-hybridized carbons (Fsp3) is 0.143. The molecule has 1 rings (SSSR count). The van der Waals surface area contributed by atoms with Crippen molar-refractivity contribution in [2.75, 3.05) is 7.11 Å². The van der Waals surface area contributed by atoms with Crippen LogP contribution in [0.2, 0.25) is 0 Å². The van der Waals surface area contributed by atoms with Crippen LogP contribution in [-0.2, 0) is 0 Å². The summed E-state index contributed by atoms with van der Waals surface area (Å²) in [4.78, 5) is 0. The van der Waals surface area contributed by atoms with Crippen LogP contribution in [0.4, 0.5) is 0 Å². The summed E-state index contributed by atoms with van der Waals surface area (Å²) in [5.41, 5.74) is 0.150. The Kier molecular flexibility index (Phi) is 2.57. The molecule has 0 heterocycles. The van der Waals surface area contributed by atoms with Crippen molar-refractivity contribution in [3.8, 4) is 11.5 Å². The molecule has 1 aromatic rings. The highest BCUT2D eigenvalue weighted by molar-refractivity contribution is 6.59. The molecule has 0 atom stereocenters. The second-order valence-corrected chi connectivity index (χ2v) is 2.30. The van der Waals surface area contributed by atoms with Crippen LogP contribution in [0.25, 0.3) is 0 Å². The Labute approximate surface area is 70.2 Å². The maximum atomic E-state index is 9.00. The van der Waals surface area contributed by atoms with Crippen LogP contribution in [-0.4, -0.2) is 29.4 Å². The largest absolute Gasteiger partial charge is 0.508 e. The van der Waals surface area contributed by atoms with Gasteiger partial charge in [-0.05, 0) is 18.2 Å². The Morgan fingerprint density at radius 1 is 1.33 bits per heavy atom. The summed E-state index contributed by atoms with van der Waals surface area (Å²) in [7, 11) is -0.217. The average Bonchev–Trinajstić information content (AvgIpc) is 2.04. The molecule has 0 aliphatic rings. The third-order valence-corrected chi connectivity index (χ3v) is 1.49. The van der Waals surface area contributed by atoms with Gasteiger partial charge in [0, 0.05) is 5.46 Å². The maximum Gasteiger partial charge on any atom is 0.492 e. The molecule has 1 aromatic carbocycles. The van der Waals surface area contributed by atoms with E-state index in [-0.39, 0.29) is 11.2 Å². The van der Waals surface area contributed by atoms with E-state index in [1.165, 1.54) is 25.3 Å². The summed E-state index contributed by atoms with van der Waals surface area (Å²) in [6, 6.07) is 4.11. The summed E-state index contributed by atoms with van der Waals surface area (Å²) in [5, 5.41) is 26.7. The van der Waals surface area contributed by atoms with Crippen LogP contribution < -0.4 is 10.2 Å². The molecule has 12 heavy (non-hydrogen) atoms. The highest BCUT2D eigenvalue weighted by atomic mass is 16.5. The van der Waals surface area contributed by atoms with Crippen LogP contribution in [0.3, 0.4) is 0 Å². The number of aromatic hydroxyl groups is 1. The van der Waals surface area contributed by atoms with Gasteiger partial charge in [-0.3, -0.25) is 0 Å². The van der Waals surface area contributed by atoms with Gasteiger partial charge in [-0.2, -0.15) is 0 Å². The zero-order valence-electron chi connectivity index (χ0n) is 6.56. The van der Waals surface area contributed by atoms with E-state index < -0.39 is 7.12 Å². The van der Waals surface area contributed by atoms with E-state index in [2.05, 4.69) is 0 Å². The van der Waals surface area contributed by atoms with Gasteiger partial charge in [0.05, 0.1) is 7.11 Å². The van der Waals surface area contributed by atoms with Gasteiger partial charge in [0.15, 0.2) is 0 Å². The predicted octanol–water partition coefficient (Wildman–Crippen LogP) is -0.919. The molecule has 3 N–H and O–H groups in total. The second-order valence-electron chi connectivity index (χ2n) is 2.30. The summed E-state index contributed by atoms with van der Waals surface area (Å²) in [6.45, 7) is 0. The van der Waals surface area contributed by atoms with Gasteiger partial charge in [0.2, 0.25) is 0 Å². The summed E-state index contributed by atoms with van der Waals surface area (Å²) in [6.07, 6.45) is 0. The number of methoxy groups -OCH3 is 1. The van der Waals surface area contributed by atoms with E-state index in [1.807, 2.05) is 0 Å². The molecule has 0 fully saturated rings. The van der Waals surface area contributed by atoms with Crippen molar-refractivity contribution in [1.29, 1.82) is 0 Å². The van der Waals surface area contributed by atoms with E-state index in [0.717, 1.165) is 0 Å². The Bertz CT molecular complexity index is 274. The van der Waals surface area contributed by atoms with Crippen molar-refractivity contribution in [1.82, 2.24) is 0 Å². The summed E-state index contributed by atoms with van der Waals surface area (Å²) >= 11 is 0. The summed E-state index contributed by atoms with van der Waals surface area (Å²) in [5.74, 6) is 0.307. The van der Waals surface area contributed by atoms with Crippen molar-refractivity contribution in [2.24, 2.45) is 0 Å². The molecule has 5 heteroatoms. The van der Waals surface area contributed by atoms with Crippen molar-refractivity contribution in [3.63, 3.8) is 0 Å². The Morgan fingerprint density at radius 2 is 2.00 bits per heavy atom. The molecule has 4 nitrogen and oxygen atoms in total. The van der Waals surface area contributed by atoms with Gasteiger partial charge >= 0.3 is 7.12 Å². The minimum absolute atomic E-state index is 0.0288. The molecule has 0 amide bonds. The molecular weight excluding hydrogens is 159 g/mol. The normalized spacial score (nSPS) is 9.58. The molecule has 0 saturated carbocycles. The molecule has 0 radical (unpaired) electrons. The molecule has 0 spiro atoms. The molecule has 64 valence electrons. The third kappa shape index (κ3) is 1.69. The van der Waals surface area contributed by atoms with Crippen LogP contribution in [0.5, 0.6) is 11.5 Å². The standard InChI is InChI=1S/C7H9BO4/c1-12-7-3-2-5(9)4-6(7)8(10)11/h2-4,9-11H,1H3. The minimum atomic E-state index is -1.63. The number of phenols is 1. The van der Waals surface area contributed by atoms with Crippen molar-refractivity contribution >= 4 is 12.6 Å². The lowest BCUT2D eigenvalue weighted by molar-refractivity contribution is 0.401. The molecule has 0 aliphatic heterocycles. The van der Waals surface area contributed by atoms with E-state index in [4.69, 9.17) is 19.9 Å². The highest BCUT2D eigenvalue weighted by Crippen LogP contribution is 2.13. The third-order valence-electron chi connectivity index (χ3n) is 1.49. The van der Waals surface area contributed by atoms with E-state index >= 15 is 0 Å². The number of ether oxygens (including phenoxy) is 1. The van der Waals surface area contributed by atoms with Crippen molar-refractivity contribution < 1.29 is 19.9 Å². The van der Waals surface area contributed by atoms with Crippen LogP contribution in [0.1, 0.15) is 0 Å². The van der Waals surface area contributed by atoms with Crippen LogP contribution in [0, 0.1) is 0 Å². The minimum Gasteiger partial charge on any atom is -0.508 e. The second kappa shape index (κ2) is 3.47. The topological polar surface area (TPSA) is 69.9 Å². The van der Waals surface area contributed by atoms with Crippen molar-refractivity contribution in [2.45, 2.75) is 0 Å². The molecular formula is C7H9BO4. The number of phenolic OH excluding ortho intramolecular Hbond substituents is 1. The first-order valence-electron chi connectivity index (χ1n) is 3.38. The lowest BCUT2D eigenvalue weighted by Crippen LogP contribution is -2.30. The van der Waals surface area contributed by atoms with E-state index in [1.54, 1.807) is 0 Å². The SMILES string of the molecule is COc1ccc(O)cc1B(O)O. The smallest absolute Gasteiger partial charge is 0.492 e. The Morgan fingerprint density at radius 3 is 2.50 bits per heavy atom. The Hall–Kier alpha value is -1.20. The first-order valence-corrected chi connectivity index (χ1v) is 3.38. The van der Waals surface area contributed by atoms with Gasteiger partial charge in [-0.1, -0.05) is 0 Å². The zero-order valence-corrected chi connectivity index (χ0v) is 6.56. The average molecular weight is 168 g/mol. The molecule has 0 aliphatic carbocycles. The monoisotopic (exact) mass is 168 g/mol. The Balaban J connectivity index is 3.12. The molecule has 0 aromatic heterocycles. The fourth-order valence-corrected chi connectivity index (χ4v) is 0.924. The number of hydrogen-bond acceptors (Lipinski definition) is 4. The maximum absolute atomic E-state index is 9.00. The van der Waals surface area contributed by atoms with Crippen LogP contribution >= 0.6 is 0 Å². The molecule has 0 unspecified atom stereocenters. The molecule has 0 bridgehead atoms. The summed E-state index contributed by atoms with van der Waals surface area (Å²) < 4.78 is 4.83. The van der Waals surface area contributed by atoms with E-state index in [9.17, 15) is 0 Å². The molecule has 0 saturated heterocycles. The fourth-order valence-electron chi connectivity index (χ4n) is 0.924. The highest BCUT2D eigenvalue weighted by Gasteiger charge is 2.16. The first-order chi connectivity index (χ1) is 5.65. The number of rotatable bonds is 2. The van der Waals surface area contributed by atoms with Crippen molar-refractivity contribution in [3.05, 3.63) is 18.2 Å². The van der Waals surface area contributed by atoms with Crippen LogP contribution in [0.15, 0.2) is 18.2 Å². The lowest BCUT2D eigenvalue weighted by Gasteiger charge is -2.06. The van der Waals surface area contributed by atoms with Gasteiger partial charge in [-0.15, -0.1) is 0 Å². The van der Waals surface area contributed by atoms with E-state index in [0.29, 0.717) is 5.75 Å². The quantitative estimate of drug-likeness (QED) is 0.499. The number of hydrogen-bond donors (Lipinski definition) is 3. The van der Waals surface area contributed by atoms with Gasteiger partial charge in [-0.25, -0.2) is 0 Å².